The number of carbonyl (C=O) groups excluding carboxylic acids is 1. The molecule has 2 amide bonds. The third-order valence-electron chi connectivity index (χ3n) is 4.06. The van der Waals surface area contributed by atoms with Gasteiger partial charge in [0.1, 0.15) is 0 Å². The summed E-state index contributed by atoms with van der Waals surface area (Å²) in [7, 11) is 0. The Morgan fingerprint density at radius 2 is 2.04 bits per heavy atom. The van der Waals surface area contributed by atoms with Gasteiger partial charge in [0.2, 0.25) is 0 Å². The quantitative estimate of drug-likeness (QED) is 0.901. The van der Waals surface area contributed by atoms with Gasteiger partial charge < -0.3 is 15.3 Å². The van der Waals surface area contributed by atoms with Gasteiger partial charge in [0.05, 0.1) is 21.6 Å². The zero-order chi connectivity index (χ0) is 16.2. The van der Waals surface area contributed by atoms with E-state index in [1.165, 1.54) is 4.70 Å². The van der Waals surface area contributed by atoms with E-state index in [0.717, 1.165) is 23.4 Å². The summed E-state index contributed by atoms with van der Waals surface area (Å²) in [5, 5.41) is 12.4. The number of fused-ring (bicyclic) bond motifs is 1. The average molecular weight is 333 g/mol. The van der Waals surface area contributed by atoms with Gasteiger partial charge in [-0.15, -0.1) is 11.3 Å². The summed E-state index contributed by atoms with van der Waals surface area (Å²) in [6.07, 6.45) is 1.74. The number of amides is 2. The zero-order valence-corrected chi connectivity index (χ0v) is 13.5. The van der Waals surface area contributed by atoms with Gasteiger partial charge in [0.25, 0.3) is 0 Å². The number of nitrogens with zero attached hydrogens (tertiary/aromatic N) is 2. The lowest BCUT2D eigenvalue weighted by atomic mass is 9.98. The van der Waals surface area contributed by atoms with E-state index in [9.17, 15) is 9.59 Å². The van der Waals surface area contributed by atoms with Crippen molar-refractivity contribution in [3.05, 3.63) is 29.3 Å². The summed E-state index contributed by atoms with van der Waals surface area (Å²) in [6.45, 7) is 1.53. The maximum Gasteiger partial charge on any atom is 0.317 e. The first-order valence-electron chi connectivity index (χ1n) is 7.73. The second-order valence-electron chi connectivity index (χ2n) is 5.66. The molecule has 1 aliphatic heterocycles. The molecule has 2 heterocycles. The minimum absolute atomic E-state index is 0.0477. The number of piperidine rings is 1. The smallest absolute Gasteiger partial charge is 0.317 e. The van der Waals surface area contributed by atoms with E-state index in [1.807, 2.05) is 18.2 Å². The number of nitrogens with one attached hydrogen (secondary N) is 1. The molecule has 0 radical (unpaired) electrons. The minimum atomic E-state index is -0.903. The normalized spacial score (nSPS) is 15.7. The molecular weight excluding hydrogens is 314 g/mol. The maximum absolute atomic E-state index is 12.0. The summed E-state index contributed by atoms with van der Waals surface area (Å²) >= 11 is 1.74. The lowest BCUT2D eigenvalue weighted by molar-refractivity contribution is -0.136. The number of carbonyl (C=O) groups is 2. The molecule has 1 aliphatic rings. The second-order valence-corrected chi connectivity index (χ2v) is 6.72. The fraction of sp³-hybridized carbons (Fsp3) is 0.438. The lowest BCUT2D eigenvalue weighted by Crippen LogP contribution is -2.44. The van der Waals surface area contributed by atoms with Crippen molar-refractivity contribution in [1.29, 1.82) is 0 Å². The third kappa shape index (κ3) is 3.79. The Morgan fingerprint density at radius 3 is 2.74 bits per heavy atom. The molecule has 6 nitrogen and oxygen atoms in total. The predicted molar refractivity (Wildman–Crippen MR) is 88.8 cm³/mol. The number of rotatable bonds is 4. The van der Waals surface area contributed by atoms with Crippen LogP contribution in [0.3, 0.4) is 0 Å². The van der Waals surface area contributed by atoms with Gasteiger partial charge in [0.15, 0.2) is 0 Å². The van der Waals surface area contributed by atoms with Crippen molar-refractivity contribution in [3.8, 4) is 0 Å². The molecule has 0 unspecified atom stereocenters. The lowest BCUT2D eigenvalue weighted by Gasteiger charge is -2.31. The van der Waals surface area contributed by atoms with Crippen LogP contribution in [0.25, 0.3) is 10.2 Å². The van der Waals surface area contributed by atoms with Crippen LogP contribution >= 0.6 is 11.3 Å². The summed E-state index contributed by atoms with van der Waals surface area (Å²) in [5.74, 6) is -0.504. The molecule has 0 atom stereocenters. The van der Waals surface area contributed by atoms with Crippen LogP contribution in [-0.4, -0.2) is 46.6 Å². The molecule has 1 saturated heterocycles. The number of para-hydroxylation sites is 1. The van der Waals surface area contributed by atoms with Crippen LogP contribution in [0.15, 0.2) is 24.3 Å². The van der Waals surface area contributed by atoms with Crippen molar-refractivity contribution in [2.75, 3.05) is 19.6 Å². The van der Waals surface area contributed by atoms with Gasteiger partial charge >= 0.3 is 12.0 Å². The molecule has 1 aromatic heterocycles. The fourth-order valence-corrected chi connectivity index (χ4v) is 3.92. The van der Waals surface area contributed by atoms with Crippen molar-refractivity contribution < 1.29 is 14.7 Å². The van der Waals surface area contributed by atoms with Crippen molar-refractivity contribution in [3.63, 3.8) is 0 Å². The van der Waals surface area contributed by atoms with Crippen LogP contribution < -0.4 is 5.32 Å². The molecule has 0 bridgehead atoms. The van der Waals surface area contributed by atoms with Crippen LogP contribution in [-0.2, 0) is 4.79 Å². The van der Waals surface area contributed by atoms with E-state index in [4.69, 9.17) is 10.1 Å². The maximum atomic E-state index is 12.0. The summed E-state index contributed by atoms with van der Waals surface area (Å²) < 4.78 is 1.20. The molecule has 1 aromatic carbocycles. The topological polar surface area (TPSA) is 82.5 Å². The number of aromatic nitrogens is 1. The Morgan fingerprint density at radius 1 is 1.30 bits per heavy atom. The highest BCUT2D eigenvalue weighted by Crippen LogP contribution is 2.33. The Labute approximate surface area is 138 Å². The molecule has 122 valence electrons. The molecule has 0 saturated carbocycles. The molecule has 2 N–H and O–H groups in total. The van der Waals surface area contributed by atoms with E-state index in [1.54, 1.807) is 16.2 Å². The summed E-state index contributed by atoms with van der Waals surface area (Å²) in [5.41, 5.74) is 1.04. The zero-order valence-electron chi connectivity index (χ0n) is 12.7. The van der Waals surface area contributed by atoms with Crippen LogP contribution in [0, 0.1) is 0 Å². The molecule has 2 aromatic rings. The molecule has 23 heavy (non-hydrogen) atoms. The number of carboxylic acids is 1. The monoisotopic (exact) mass is 333 g/mol. The summed E-state index contributed by atoms with van der Waals surface area (Å²) in [6, 6.07) is 7.96. The molecule has 3 rings (SSSR count). The second kappa shape index (κ2) is 6.95. The molecule has 1 fully saturated rings. The van der Waals surface area contributed by atoms with E-state index in [-0.39, 0.29) is 19.0 Å². The number of aliphatic carboxylic acids is 1. The average Bonchev–Trinajstić information content (AvgIpc) is 2.98. The number of thiazole rings is 1. The van der Waals surface area contributed by atoms with Crippen LogP contribution in [0.4, 0.5) is 4.79 Å². The molecule has 0 aliphatic carbocycles. The number of carboxylic acid groups (broad SMARTS) is 1. The predicted octanol–water partition coefficient (Wildman–Crippen LogP) is 2.66. The first kappa shape index (κ1) is 15.7. The first-order chi connectivity index (χ1) is 11.1. The van der Waals surface area contributed by atoms with Crippen molar-refractivity contribution >= 4 is 33.6 Å². The Kier molecular flexibility index (Phi) is 4.76. The van der Waals surface area contributed by atoms with Crippen LogP contribution in [0.2, 0.25) is 0 Å². The molecular formula is C16H19N3O3S. The van der Waals surface area contributed by atoms with Gasteiger partial charge in [-0.1, -0.05) is 12.1 Å². The highest BCUT2D eigenvalue weighted by Gasteiger charge is 2.25. The highest BCUT2D eigenvalue weighted by molar-refractivity contribution is 7.18. The van der Waals surface area contributed by atoms with E-state index < -0.39 is 5.97 Å². The number of hydrogen-bond donors (Lipinski definition) is 2. The first-order valence-corrected chi connectivity index (χ1v) is 8.55. The minimum Gasteiger partial charge on any atom is -0.481 e. The van der Waals surface area contributed by atoms with E-state index in [0.29, 0.717) is 19.0 Å². The van der Waals surface area contributed by atoms with Gasteiger partial charge in [-0.2, -0.15) is 0 Å². The van der Waals surface area contributed by atoms with Gasteiger partial charge in [0, 0.05) is 25.6 Å². The van der Waals surface area contributed by atoms with E-state index in [2.05, 4.69) is 11.4 Å². The highest BCUT2D eigenvalue weighted by atomic mass is 32.1. The fourth-order valence-electron chi connectivity index (χ4n) is 2.78. The summed E-state index contributed by atoms with van der Waals surface area (Å²) in [4.78, 5) is 28.9. The largest absolute Gasteiger partial charge is 0.481 e. The molecule has 7 heteroatoms. The molecule has 0 spiro atoms. The van der Waals surface area contributed by atoms with Crippen LogP contribution in [0.5, 0.6) is 0 Å². The van der Waals surface area contributed by atoms with Gasteiger partial charge in [-0.25, -0.2) is 9.78 Å². The number of urea groups is 1. The van der Waals surface area contributed by atoms with E-state index >= 15 is 0 Å². The number of hydrogen-bond acceptors (Lipinski definition) is 4. The standard InChI is InChI=1S/C16H19N3O3S/c20-14(21)5-8-17-16(22)19-9-6-11(7-10-19)15-18-12-3-1-2-4-13(12)23-15/h1-4,11H,5-10H2,(H,17,22)(H,20,21). The van der Waals surface area contributed by atoms with Crippen molar-refractivity contribution in [1.82, 2.24) is 15.2 Å². The third-order valence-corrected chi connectivity index (χ3v) is 5.26. The van der Waals surface area contributed by atoms with Crippen molar-refractivity contribution in [2.24, 2.45) is 0 Å². The van der Waals surface area contributed by atoms with Gasteiger partial charge in [-0.3, -0.25) is 4.79 Å². The van der Waals surface area contributed by atoms with Gasteiger partial charge in [-0.05, 0) is 25.0 Å². The Balaban J connectivity index is 1.53. The van der Waals surface area contributed by atoms with Crippen LogP contribution in [0.1, 0.15) is 30.2 Å². The SMILES string of the molecule is O=C(O)CCNC(=O)N1CCC(c2nc3ccccc3s2)CC1. The van der Waals surface area contributed by atoms with Crippen molar-refractivity contribution in [2.45, 2.75) is 25.2 Å². The Hall–Kier alpha value is -2.15. The Bertz CT molecular complexity index is 674. The number of benzene rings is 1. The number of likely N-dealkylation sites (tertiary alicyclic amines) is 1.